The number of nitro groups is 1. The summed E-state index contributed by atoms with van der Waals surface area (Å²) in [5.41, 5.74) is 1.38. The predicted molar refractivity (Wildman–Crippen MR) is 99.8 cm³/mol. The minimum absolute atomic E-state index is 0.0526. The van der Waals surface area contributed by atoms with Crippen molar-refractivity contribution in [2.45, 2.75) is 4.90 Å². The molecule has 2 N–H and O–H groups in total. The first-order chi connectivity index (χ1) is 13.3. The summed E-state index contributed by atoms with van der Waals surface area (Å²) in [5, 5.41) is 20.1. The molecule has 28 heavy (non-hydrogen) atoms. The van der Waals surface area contributed by atoms with Gasteiger partial charge in [-0.3, -0.25) is 20.1 Å². The lowest BCUT2D eigenvalue weighted by molar-refractivity contribution is -0.384. The van der Waals surface area contributed by atoms with Crippen LogP contribution in [-0.4, -0.2) is 54.9 Å². The number of anilines is 1. The van der Waals surface area contributed by atoms with Crippen molar-refractivity contribution in [1.29, 1.82) is 0 Å². The molecule has 0 aromatic heterocycles. The highest BCUT2D eigenvalue weighted by Crippen LogP contribution is 2.31. The van der Waals surface area contributed by atoms with Gasteiger partial charge in [0.15, 0.2) is 0 Å². The van der Waals surface area contributed by atoms with Crippen LogP contribution in [0.4, 0.5) is 11.4 Å². The van der Waals surface area contributed by atoms with Crippen LogP contribution in [0.1, 0.15) is 10.4 Å². The SMILES string of the molecule is O=C(NO)c1ccc(N2CCN(S(=O)(=O)c3ccccc3)CC2)c([N+](=O)[O-])c1. The number of hydroxylamine groups is 1. The van der Waals surface area contributed by atoms with Crippen molar-refractivity contribution < 1.29 is 23.3 Å². The van der Waals surface area contributed by atoms with E-state index >= 15 is 0 Å². The number of hydrogen-bond acceptors (Lipinski definition) is 7. The number of carbonyl (C=O) groups is 1. The molecule has 1 saturated heterocycles. The Morgan fingerprint density at radius 3 is 2.29 bits per heavy atom. The second-order valence-corrected chi connectivity index (χ2v) is 8.04. The molecule has 0 bridgehead atoms. The minimum Gasteiger partial charge on any atom is -0.363 e. The van der Waals surface area contributed by atoms with Gasteiger partial charge in [0.1, 0.15) is 5.69 Å². The van der Waals surface area contributed by atoms with Crippen LogP contribution in [0.5, 0.6) is 0 Å². The van der Waals surface area contributed by atoms with Crippen molar-refractivity contribution in [2.75, 3.05) is 31.1 Å². The fourth-order valence-corrected chi connectivity index (χ4v) is 4.50. The molecular weight excluding hydrogens is 388 g/mol. The summed E-state index contributed by atoms with van der Waals surface area (Å²) in [6.45, 7) is 0.872. The third-order valence-corrected chi connectivity index (χ3v) is 6.41. The number of rotatable bonds is 5. The Morgan fingerprint density at radius 2 is 1.71 bits per heavy atom. The highest BCUT2D eigenvalue weighted by atomic mass is 32.2. The predicted octanol–water partition coefficient (Wildman–Crippen LogP) is 1.22. The van der Waals surface area contributed by atoms with Gasteiger partial charge in [-0.2, -0.15) is 4.31 Å². The molecule has 0 atom stereocenters. The molecule has 2 aromatic rings. The largest absolute Gasteiger partial charge is 0.363 e. The number of benzene rings is 2. The minimum atomic E-state index is -3.62. The normalized spacial score (nSPS) is 15.2. The van der Waals surface area contributed by atoms with Crippen molar-refractivity contribution in [3.8, 4) is 0 Å². The Bertz CT molecular complexity index is 988. The number of sulfonamides is 1. The molecule has 11 heteroatoms. The lowest BCUT2D eigenvalue weighted by atomic mass is 10.1. The van der Waals surface area contributed by atoms with E-state index in [2.05, 4.69) is 0 Å². The van der Waals surface area contributed by atoms with Crippen LogP contribution in [0.25, 0.3) is 0 Å². The first kappa shape index (κ1) is 19.7. The molecule has 0 unspecified atom stereocenters. The van der Waals surface area contributed by atoms with Crippen LogP contribution in [0, 0.1) is 10.1 Å². The Kier molecular flexibility index (Phi) is 5.58. The van der Waals surface area contributed by atoms with E-state index in [0.29, 0.717) is 0 Å². The molecule has 1 fully saturated rings. The maximum atomic E-state index is 12.7. The molecule has 0 aliphatic carbocycles. The average Bonchev–Trinajstić information content (AvgIpc) is 2.73. The van der Waals surface area contributed by atoms with Gasteiger partial charge >= 0.3 is 0 Å². The zero-order valence-corrected chi connectivity index (χ0v) is 15.5. The summed E-state index contributed by atoms with van der Waals surface area (Å²) >= 11 is 0. The molecule has 148 valence electrons. The van der Waals surface area contributed by atoms with E-state index in [9.17, 15) is 23.3 Å². The molecule has 0 spiro atoms. The summed E-state index contributed by atoms with van der Waals surface area (Å²) in [5.74, 6) is -0.853. The van der Waals surface area contributed by atoms with Crippen molar-refractivity contribution in [2.24, 2.45) is 0 Å². The summed E-state index contributed by atoms with van der Waals surface area (Å²) in [4.78, 5) is 24.2. The van der Waals surface area contributed by atoms with Gasteiger partial charge in [-0.1, -0.05) is 18.2 Å². The quantitative estimate of drug-likeness (QED) is 0.433. The van der Waals surface area contributed by atoms with Crippen molar-refractivity contribution >= 4 is 27.3 Å². The third-order valence-electron chi connectivity index (χ3n) is 4.50. The number of nitro benzene ring substituents is 1. The summed E-state index contributed by atoms with van der Waals surface area (Å²) < 4.78 is 26.7. The Hall–Kier alpha value is -3.02. The highest BCUT2D eigenvalue weighted by Gasteiger charge is 2.31. The molecular formula is C17H18N4O6S. The average molecular weight is 406 g/mol. The molecule has 0 radical (unpaired) electrons. The summed E-state index contributed by atoms with van der Waals surface area (Å²) in [7, 11) is -3.62. The molecule has 1 aliphatic heterocycles. The lowest BCUT2D eigenvalue weighted by Crippen LogP contribution is -2.48. The van der Waals surface area contributed by atoms with Gasteiger partial charge in [0.25, 0.3) is 11.6 Å². The van der Waals surface area contributed by atoms with Gasteiger partial charge in [-0.15, -0.1) is 0 Å². The van der Waals surface area contributed by atoms with E-state index in [1.165, 1.54) is 34.1 Å². The van der Waals surface area contributed by atoms with E-state index in [4.69, 9.17) is 5.21 Å². The summed E-state index contributed by atoms with van der Waals surface area (Å²) in [6.07, 6.45) is 0. The topological polar surface area (TPSA) is 133 Å². The van der Waals surface area contributed by atoms with Crippen molar-refractivity contribution in [3.63, 3.8) is 0 Å². The van der Waals surface area contributed by atoms with E-state index in [1.54, 1.807) is 23.1 Å². The van der Waals surface area contributed by atoms with E-state index in [1.807, 2.05) is 0 Å². The van der Waals surface area contributed by atoms with Crippen LogP contribution < -0.4 is 10.4 Å². The second-order valence-electron chi connectivity index (χ2n) is 6.11. The monoisotopic (exact) mass is 406 g/mol. The second kappa shape index (κ2) is 7.92. The van der Waals surface area contributed by atoms with Crippen molar-refractivity contribution in [3.05, 3.63) is 64.2 Å². The number of nitrogens with one attached hydrogen (secondary N) is 1. The van der Waals surface area contributed by atoms with Crippen LogP contribution >= 0.6 is 0 Å². The van der Waals surface area contributed by atoms with Crippen LogP contribution in [0.15, 0.2) is 53.4 Å². The molecule has 1 aliphatic rings. The molecule has 3 rings (SSSR count). The number of amides is 1. The third kappa shape index (κ3) is 3.81. The maximum absolute atomic E-state index is 12.7. The number of nitrogens with zero attached hydrogens (tertiary/aromatic N) is 3. The van der Waals surface area contributed by atoms with Gasteiger partial charge in [0, 0.05) is 37.8 Å². The van der Waals surface area contributed by atoms with Gasteiger partial charge in [0.05, 0.1) is 9.82 Å². The Morgan fingerprint density at radius 1 is 1.07 bits per heavy atom. The molecule has 10 nitrogen and oxygen atoms in total. The smallest absolute Gasteiger partial charge is 0.293 e. The summed E-state index contributed by atoms with van der Waals surface area (Å²) in [6, 6.07) is 11.9. The first-order valence-corrected chi connectivity index (χ1v) is 9.81. The van der Waals surface area contributed by atoms with Gasteiger partial charge in [0.2, 0.25) is 10.0 Å². The maximum Gasteiger partial charge on any atom is 0.293 e. The number of hydrogen-bond donors (Lipinski definition) is 2. The molecule has 2 aromatic carbocycles. The molecule has 1 heterocycles. The van der Waals surface area contributed by atoms with E-state index in [-0.39, 0.29) is 48.0 Å². The van der Waals surface area contributed by atoms with Crippen LogP contribution in [0.3, 0.4) is 0 Å². The lowest BCUT2D eigenvalue weighted by Gasteiger charge is -2.35. The fraction of sp³-hybridized carbons (Fsp3) is 0.235. The fourth-order valence-electron chi connectivity index (χ4n) is 3.05. The highest BCUT2D eigenvalue weighted by molar-refractivity contribution is 7.89. The number of piperazine rings is 1. The molecule has 1 amide bonds. The van der Waals surface area contributed by atoms with Gasteiger partial charge in [-0.05, 0) is 24.3 Å². The van der Waals surface area contributed by atoms with Gasteiger partial charge in [-0.25, -0.2) is 13.9 Å². The van der Waals surface area contributed by atoms with Gasteiger partial charge < -0.3 is 4.90 Å². The zero-order chi connectivity index (χ0) is 20.3. The van der Waals surface area contributed by atoms with Crippen LogP contribution in [0.2, 0.25) is 0 Å². The molecule has 0 saturated carbocycles. The number of carbonyl (C=O) groups excluding carboxylic acids is 1. The Balaban J connectivity index is 1.80. The first-order valence-electron chi connectivity index (χ1n) is 8.37. The Labute approximate surface area is 161 Å². The van der Waals surface area contributed by atoms with Crippen LogP contribution in [-0.2, 0) is 10.0 Å². The van der Waals surface area contributed by atoms with Crippen molar-refractivity contribution in [1.82, 2.24) is 9.79 Å². The zero-order valence-electron chi connectivity index (χ0n) is 14.7. The standard InChI is InChI=1S/C17H18N4O6S/c22-17(18-23)13-6-7-15(16(12-13)21(24)25)19-8-10-20(11-9-19)28(26,27)14-4-2-1-3-5-14/h1-7,12,23H,8-11H2,(H,18,22). The van der Waals surface area contributed by atoms with E-state index < -0.39 is 20.9 Å². The van der Waals surface area contributed by atoms with E-state index in [0.717, 1.165) is 6.07 Å².